The van der Waals surface area contributed by atoms with Crippen molar-refractivity contribution in [1.29, 1.82) is 0 Å². The van der Waals surface area contributed by atoms with Crippen LogP contribution in [0.25, 0.3) is 0 Å². The Balaban J connectivity index is 2.27. The highest BCUT2D eigenvalue weighted by Crippen LogP contribution is 2.40. The molecule has 0 saturated heterocycles. The number of rotatable bonds is 5. The molecule has 0 unspecified atom stereocenters. The van der Waals surface area contributed by atoms with Crippen LogP contribution in [0.4, 0.5) is 8.78 Å². The standard InChI is InChI=1S/C14H19F2NO/c1-13(15,16)12-10(4-3-5-11(12)18-2)6-7-14(17)8-9-14/h3-5H,6-9,17H2,1-2H3. The lowest BCUT2D eigenvalue weighted by atomic mass is 9.95. The molecular formula is C14H19F2NO. The Kier molecular flexibility index (Phi) is 3.32. The van der Waals surface area contributed by atoms with Crippen LogP contribution in [-0.2, 0) is 12.3 Å². The highest BCUT2D eigenvalue weighted by Gasteiger charge is 2.38. The van der Waals surface area contributed by atoms with Crippen molar-refractivity contribution < 1.29 is 13.5 Å². The molecular weight excluding hydrogens is 236 g/mol. The second-order valence-corrected chi connectivity index (χ2v) is 5.25. The van der Waals surface area contributed by atoms with Gasteiger partial charge in [0.25, 0.3) is 5.92 Å². The molecule has 1 aliphatic rings. The van der Waals surface area contributed by atoms with E-state index >= 15 is 0 Å². The number of benzene rings is 1. The Morgan fingerprint density at radius 2 is 2.06 bits per heavy atom. The molecule has 100 valence electrons. The molecule has 2 rings (SSSR count). The summed E-state index contributed by atoms with van der Waals surface area (Å²) in [6.07, 6.45) is 3.32. The predicted octanol–water partition coefficient (Wildman–Crippen LogP) is 3.23. The molecule has 4 heteroatoms. The molecule has 0 heterocycles. The molecule has 0 aliphatic heterocycles. The van der Waals surface area contributed by atoms with Crippen LogP contribution < -0.4 is 10.5 Å². The van der Waals surface area contributed by atoms with Gasteiger partial charge in [0.15, 0.2) is 0 Å². The van der Waals surface area contributed by atoms with Gasteiger partial charge in [-0.2, -0.15) is 0 Å². The summed E-state index contributed by atoms with van der Waals surface area (Å²) in [5.74, 6) is -2.64. The van der Waals surface area contributed by atoms with Gasteiger partial charge in [-0.3, -0.25) is 0 Å². The number of nitrogens with two attached hydrogens (primary N) is 1. The molecule has 18 heavy (non-hydrogen) atoms. The number of ether oxygens (including phenoxy) is 1. The number of methoxy groups -OCH3 is 1. The van der Waals surface area contributed by atoms with Crippen molar-refractivity contribution >= 4 is 0 Å². The fourth-order valence-electron chi connectivity index (χ4n) is 2.25. The Bertz CT molecular complexity index is 436. The summed E-state index contributed by atoms with van der Waals surface area (Å²) in [4.78, 5) is 0. The molecule has 0 atom stereocenters. The third kappa shape index (κ3) is 2.80. The van der Waals surface area contributed by atoms with E-state index in [0.29, 0.717) is 12.0 Å². The van der Waals surface area contributed by atoms with Gasteiger partial charge in [-0.1, -0.05) is 12.1 Å². The SMILES string of the molecule is COc1cccc(CCC2(N)CC2)c1C(C)(F)F. The van der Waals surface area contributed by atoms with E-state index < -0.39 is 5.92 Å². The maximum absolute atomic E-state index is 13.7. The Morgan fingerprint density at radius 1 is 1.39 bits per heavy atom. The van der Waals surface area contributed by atoms with Crippen molar-refractivity contribution in [3.05, 3.63) is 29.3 Å². The van der Waals surface area contributed by atoms with Crippen molar-refractivity contribution in [3.8, 4) is 5.75 Å². The van der Waals surface area contributed by atoms with E-state index in [0.717, 1.165) is 26.2 Å². The average molecular weight is 255 g/mol. The molecule has 1 aromatic carbocycles. The first-order chi connectivity index (χ1) is 8.36. The highest BCUT2D eigenvalue weighted by molar-refractivity contribution is 5.43. The minimum absolute atomic E-state index is 0.00301. The van der Waals surface area contributed by atoms with Crippen molar-refractivity contribution in [2.75, 3.05) is 7.11 Å². The van der Waals surface area contributed by atoms with Gasteiger partial charge in [-0.05, 0) is 37.3 Å². The maximum atomic E-state index is 13.7. The molecule has 2 nitrogen and oxygen atoms in total. The minimum atomic E-state index is -2.90. The van der Waals surface area contributed by atoms with Crippen LogP contribution in [0.15, 0.2) is 18.2 Å². The van der Waals surface area contributed by atoms with Gasteiger partial charge in [0, 0.05) is 12.5 Å². The van der Waals surface area contributed by atoms with Crippen molar-refractivity contribution in [2.24, 2.45) is 5.73 Å². The smallest absolute Gasteiger partial charge is 0.274 e. The summed E-state index contributed by atoms with van der Waals surface area (Å²) in [7, 11) is 1.42. The number of hydrogen-bond acceptors (Lipinski definition) is 2. The first-order valence-electron chi connectivity index (χ1n) is 6.19. The lowest BCUT2D eigenvalue weighted by Crippen LogP contribution is -2.23. The third-order valence-electron chi connectivity index (χ3n) is 3.56. The summed E-state index contributed by atoms with van der Waals surface area (Å²) in [5.41, 5.74) is 6.52. The van der Waals surface area contributed by atoms with Gasteiger partial charge < -0.3 is 10.5 Å². The normalized spacial score (nSPS) is 17.6. The Labute approximate surface area is 106 Å². The average Bonchev–Trinajstić information content (AvgIpc) is 3.03. The number of halogens is 2. The monoisotopic (exact) mass is 255 g/mol. The van der Waals surface area contributed by atoms with Crippen LogP contribution in [0.3, 0.4) is 0 Å². The third-order valence-corrected chi connectivity index (χ3v) is 3.56. The molecule has 0 aromatic heterocycles. The molecule has 1 saturated carbocycles. The summed E-state index contributed by atoms with van der Waals surface area (Å²) in [6, 6.07) is 5.06. The molecule has 0 spiro atoms. The lowest BCUT2D eigenvalue weighted by molar-refractivity contribution is 0.0141. The number of alkyl halides is 2. The molecule has 0 radical (unpaired) electrons. The molecule has 1 fully saturated rings. The van der Waals surface area contributed by atoms with Crippen LogP contribution in [-0.4, -0.2) is 12.6 Å². The van der Waals surface area contributed by atoms with Gasteiger partial charge in [-0.15, -0.1) is 0 Å². The van der Waals surface area contributed by atoms with E-state index in [9.17, 15) is 8.78 Å². The van der Waals surface area contributed by atoms with Crippen LogP contribution in [0, 0.1) is 0 Å². The van der Waals surface area contributed by atoms with Gasteiger partial charge in [0.1, 0.15) is 5.75 Å². The zero-order valence-corrected chi connectivity index (χ0v) is 10.8. The van der Waals surface area contributed by atoms with Gasteiger partial charge in [0.2, 0.25) is 0 Å². The first kappa shape index (κ1) is 13.3. The topological polar surface area (TPSA) is 35.2 Å². The highest BCUT2D eigenvalue weighted by atomic mass is 19.3. The van der Waals surface area contributed by atoms with E-state index in [2.05, 4.69) is 0 Å². The van der Waals surface area contributed by atoms with E-state index in [4.69, 9.17) is 10.5 Å². The van der Waals surface area contributed by atoms with Crippen molar-refractivity contribution in [3.63, 3.8) is 0 Å². The summed E-state index contributed by atoms with van der Waals surface area (Å²) in [6.45, 7) is 0.906. The van der Waals surface area contributed by atoms with E-state index in [1.165, 1.54) is 7.11 Å². The Morgan fingerprint density at radius 3 is 2.56 bits per heavy atom. The van der Waals surface area contributed by atoms with E-state index in [-0.39, 0.29) is 16.9 Å². The van der Waals surface area contributed by atoms with Crippen LogP contribution in [0.5, 0.6) is 5.75 Å². The zero-order valence-electron chi connectivity index (χ0n) is 10.8. The Hall–Kier alpha value is -1.16. The van der Waals surface area contributed by atoms with Crippen LogP contribution in [0.1, 0.15) is 37.3 Å². The number of hydrogen-bond donors (Lipinski definition) is 1. The van der Waals surface area contributed by atoms with Gasteiger partial charge in [-0.25, -0.2) is 8.78 Å². The minimum Gasteiger partial charge on any atom is -0.496 e. The lowest BCUT2D eigenvalue weighted by Gasteiger charge is -2.20. The van der Waals surface area contributed by atoms with Crippen molar-refractivity contribution in [2.45, 2.75) is 44.1 Å². The summed E-state index contributed by atoms with van der Waals surface area (Å²) >= 11 is 0. The maximum Gasteiger partial charge on any atom is 0.274 e. The number of aryl methyl sites for hydroxylation is 1. The second kappa shape index (κ2) is 4.50. The van der Waals surface area contributed by atoms with E-state index in [1.807, 2.05) is 0 Å². The van der Waals surface area contributed by atoms with Crippen LogP contribution >= 0.6 is 0 Å². The quantitative estimate of drug-likeness (QED) is 0.876. The molecule has 2 N–H and O–H groups in total. The first-order valence-corrected chi connectivity index (χ1v) is 6.19. The van der Waals surface area contributed by atoms with Crippen LogP contribution in [0.2, 0.25) is 0 Å². The van der Waals surface area contributed by atoms with Gasteiger partial charge >= 0.3 is 0 Å². The fraction of sp³-hybridized carbons (Fsp3) is 0.571. The predicted molar refractivity (Wildman–Crippen MR) is 67.0 cm³/mol. The molecule has 1 aromatic rings. The fourth-order valence-corrected chi connectivity index (χ4v) is 2.25. The second-order valence-electron chi connectivity index (χ2n) is 5.25. The summed E-state index contributed by atoms with van der Waals surface area (Å²) < 4.78 is 32.4. The zero-order chi connectivity index (χ0) is 13.4. The van der Waals surface area contributed by atoms with E-state index in [1.54, 1.807) is 18.2 Å². The largest absolute Gasteiger partial charge is 0.496 e. The van der Waals surface area contributed by atoms with Gasteiger partial charge in [0.05, 0.1) is 12.7 Å². The molecule has 0 bridgehead atoms. The summed E-state index contributed by atoms with van der Waals surface area (Å²) in [5, 5.41) is 0. The van der Waals surface area contributed by atoms with Crippen molar-refractivity contribution in [1.82, 2.24) is 0 Å². The molecule has 0 amide bonds. The molecule has 1 aliphatic carbocycles.